The Hall–Kier alpha value is -2.40. The molecule has 1 aromatic heterocycles. The van der Waals surface area contributed by atoms with Crippen molar-refractivity contribution < 1.29 is 17.6 Å². The van der Waals surface area contributed by atoms with Gasteiger partial charge in [0.2, 0.25) is 15.0 Å². The minimum absolute atomic E-state index is 0.157. The molecule has 1 atom stereocenters. The molecule has 0 bridgehead atoms. The molecule has 0 radical (unpaired) electrons. The number of carbonyl (C=O) groups is 1. The van der Waals surface area contributed by atoms with Gasteiger partial charge >= 0.3 is 0 Å². The Balaban J connectivity index is 1.48. The molecule has 0 saturated carbocycles. The van der Waals surface area contributed by atoms with Crippen molar-refractivity contribution in [2.24, 2.45) is 0 Å². The number of piperidine rings is 1. The third-order valence-corrected chi connectivity index (χ3v) is 8.16. The highest BCUT2D eigenvalue weighted by Crippen LogP contribution is 2.32. The number of amides is 1. The van der Waals surface area contributed by atoms with Gasteiger partial charge in [-0.25, -0.2) is 12.8 Å². The zero-order valence-electron chi connectivity index (χ0n) is 16.2. The van der Waals surface area contributed by atoms with E-state index in [1.165, 1.54) is 22.5 Å². The van der Waals surface area contributed by atoms with Crippen molar-refractivity contribution >= 4 is 44.6 Å². The summed E-state index contributed by atoms with van der Waals surface area (Å²) in [6.45, 7) is 0.458. The molecule has 3 aromatic rings. The lowest BCUT2D eigenvalue weighted by atomic mass is 10.0. The van der Waals surface area contributed by atoms with E-state index in [0.29, 0.717) is 35.1 Å². The van der Waals surface area contributed by atoms with Crippen molar-refractivity contribution in [2.45, 2.75) is 23.7 Å². The third-order valence-electron chi connectivity index (χ3n) is 4.92. The Kier molecular flexibility index (Phi) is 6.33. The number of aromatic nitrogens is 2. The van der Waals surface area contributed by atoms with Gasteiger partial charge in [-0.15, -0.1) is 10.2 Å². The number of nitrogens with zero attached hydrogens (tertiary/aromatic N) is 3. The largest absolute Gasteiger partial charge is 0.320 e. The molecule has 2 heterocycles. The van der Waals surface area contributed by atoms with Gasteiger partial charge in [-0.05, 0) is 49.2 Å². The molecule has 4 rings (SSSR count). The van der Waals surface area contributed by atoms with Crippen LogP contribution >= 0.6 is 22.9 Å². The van der Waals surface area contributed by atoms with E-state index in [1.807, 2.05) is 0 Å². The molecule has 0 unspecified atom stereocenters. The Labute approximate surface area is 187 Å². The first-order chi connectivity index (χ1) is 14.8. The average Bonchev–Trinajstić information content (AvgIpc) is 3.26. The van der Waals surface area contributed by atoms with Crippen LogP contribution in [0.4, 0.5) is 10.1 Å². The van der Waals surface area contributed by atoms with E-state index in [0.717, 1.165) is 17.4 Å². The highest BCUT2D eigenvalue weighted by Gasteiger charge is 2.34. The quantitative estimate of drug-likeness (QED) is 0.592. The number of nitrogens with one attached hydrogen (secondary N) is 1. The van der Waals surface area contributed by atoms with E-state index in [1.54, 1.807) is 24.3 Å². The second kappa shape index (κ2) is 8.99. The summed E-state index contributed by atoms with van der Waals surface area (Å²) in [5, 5.41) is 12.1. The predicted octanol–water partition coefficient (Wildman–Crippen LogP) is 4.15. The van der Waals surface area contributed by atoms with E-state index in [9.17, 15) is 17.6 Å². The van der Waals surface area contributed by atoms with Gasteiger partial charge < -0.3 is 5.32 Å². The summed E-state index contributed by atoms with van der Waals surface area (Å²) in [4.78, 5) is 12.1. The summed E-state index contributed by atoms with van der Waals surface area (Å²) in [5.74, 6) is -1.40. The van der Waals surface area contributed by atoms with Crippen LogP contribution in [0.1, 0.15) is 33.6 Å². The number of hydrogen-bond donors (Lipinski definition) is 1. The SMILES string of the molecule is O=C(Nc1ccc(Cl)cc1)c1nnc([C@H]2CCCN(S(=O)(=O)c3ccccc3F)C2)s1. The van der Waals surface area contributed by atoms with Crippen LogP contribution in [0.15, 0.2) is 53.4 Å². The van der Waals surface area contributed by atoms with Crippen LogP contribution in [0.25, 0.3) is 0 Å². The first kappa shape index (κ1) is 21.8. The van der Waals surface area contributed by atoms with Crippen LogP contribution in [0.2, 0.25) is 5.02 Å². The van der Waals surface area contributed by atoms with Crippen LogP contribution < -0.4 is 5.32 Å². The summed E-state index contributed by atoms with van der Waals surface area (Å²) in [6, 6.07) is 12.0. The number of halogens is 2. The highest BCUT2D eigenvalue weighted by molar-refractivity contribution is 7.89. The molecule has 1 amide bonds. The van der Waals surface area contributed by atoms with E-state index in [2.05, 4.69) is 15.5 Å². The van der Waals surface area contributed by atoms with E-state index in [-0.39, 0.29) is 22.4 Å². The number of benzene rings is 2. The average molecular weight is 481 g/mol. The van der Waals surface area contributed by atoms with Gasteiger partial charge in [0, 0.05) is 29.7 Å². The summed E-state index contributed by atoms with van der Waals surface area (Å²) >= 11 is 6.97. The van der Waals surface area contributed by atoms with Crippen LogP contribution in [-0.4, -0.2) is 41.9 Å². The fourth-order valence-corrected chi connectivity index (χ4v) is 5.94. The molecule has 0 aliphatic carbocycles. The molecule has 1 aliphatic rings. The Morgan fingerprint density at radius 3 is 2.65 bits per heavy atom. The summed E-state index contributed by atoms with van der Waals surface area (Å²) < 4.78 is 41.2. The maximum atomic E-state index is 14.1. The van der Waals surface area contributed by atoms with Crippen molar-refractivity contribution in [3.8, 4) is 0 Å². The lowest BCUT2D eigenvalue weighted by Crippen LogP contribution is -2.39. The first-order valence-corrected chi connectivity index (χ1v) is 12.1. The van der Waals surface area contributed by atoms with Gasteiger partial charge in [0.05, 0.1) is 0 Å². The summed E-state index contributed by atoms with van der Waals surface area (Å²) in [7, 11) is -3.96. The molecule has 7 nitrogen and oxygen atoms in total. The summed E-state index contributed by atoms with van der Waals surface area (Å²) in [6.07, 6.45) is 1.31. The van der Waals surface area contributed by atoms with E-state index >= 15 is 0 Å². The van der Waals surface area contributed by atoms with E-state index < -0.39 is 21.7 Å². The number of anilines is 1. The highest BCUT2D eigenvalue weighted by atomic mass is 35.5. The molecule has 0 spiro atoms. The first-order valence-electron chi connectivity index (χ1n) is 9.49. The Bertz CT molecular complexity index is 1200. The van der Waals surface area contributed by atoms with E-state index in [4.69, 9.17) is 11.6 Å². The fraction of sp³-hybridized carbons (Fsp3) is 0.250. The van der Waals surface area contributed by atoms with Crippen molar-refractivity contribution in [1.29, 1.82) is 0 Å². The van der Waals surface area contributed by atoms with Gasteiger partial charge in [0.15, 0.2) is 0 Å². The van der Waals surface area contributed by atoms with Gasteiger partial charge in [0.1, 0.15) is 15.7 Å². The van der Waals surface area contributed by atoms with Crippen molar-refractivity contribution in [3.63, 3.8) is 0 Å². The minimum atomic E-state index is -3.96. The number of rotatable bonds is 5. The molecule has 11 heteroatoms. The molecular weight excluding hydrogens is 463 g/mol. The molecule has 1 fully saturated rings. The fourth-order valence-electron chi connectivity index (χ4n) is 3.36. The van der Waals surface area contributed by atoms with Crippen LogP contribution in [0.3, 0.4) is 0 Å². The molecule has 2 aromatic carbocycles. The van der Waals surface area contributed by atoms with Crippen LogP contribution in [0.5, 0.6) is 0 Å². The van der Waals surface area contributed by atoms with Gasteiger partial charge in [-0.3, -0.25) is 4.79 Å². The van der Waals surface area contributed by atoms with Crippen molar-refractivity contribution in [3.05, 3.63) is 69.4 Å². The van der Waals surface area contributed by atoms with Crippen LogP contribution in [0, 0.1) is 5.82 Å². The van der Waals surface area contributed by atoms with Gasteiger partial charge in [-0.1, -0.05) is 35.1 Å². The molecular formula is C20H18ClFN4O3S2. The zero-order valence-corrected chi connectivity index (χ0v) is 18.6. The van der Waals surface area contributed by atoms with Gasteiger partial charge in [-0.2, -0.15) is 4.31 Å². The maximum Gasteiger partial charge on any atom is 0.286 e. The second-order valence-corrected chi connectivity index (χ2v) is 10.4. The molecule has 1 N–H and O–H groups in total. The smallest absolute Gasteiger partial charge is 0.286 e. The second-order valence-electron chi connectivity index (χ2n) is 7.04. The summed E-state index contributed by atoms with van der Waals surface area (Å²) in [5.41, 5.74) is 0.575. The third kappa shape index (κ3) is 4.77. The lowest BCUT2D eigenvalue weighted by Gasteiger charge is -2.30. The van der Waals surface area contributed by atoms with Gasteiger partial charge in [0.25, 0.3) is 5.91 Å². The number of hydrogen-bond acceptors (Lipinski definition) is 6. The monoisotopic (exact) mass is 480 g/mol. The molecule has 31 heavy (non-hydrogen) atoms. The normalized spacial score (nSPS) is 17.4. The minimum Gasteiger partial charge on any atom is -0.320 e. The molecule has 1 aliphatic heterocycles. The maximum absolute atomic E-state index is 14.1. The molecule has 1 saturated heterocycles. The van der Waals surface area contributed by atoms with Crippen LogP contribution in [-0.2, 0) is 10.0 Å². The zero-order chi connectivity index (χ0) is 22.0. The number of carbonyl (C=O) groups excluding carboxylic acids is 1. The standard InChI is InChI=1S/C20H18ClFN4O3S2/c21-14-7-9-15(10-8-14)23-18(27)20-25-24-19(30-20)13-4-3-11-26(12-13)31(28,29)17-6-2-1-5-16(17)22/h1-2,5-10,13H,3-4,11-12H2,(H,23,27)/t13-/m0/s1. The molecule has 162 valence electrons. The Morgan fingerprint density at radius 1 is 1.16 bits per heavy atom. The topological polar surface area (TPSA) is 92.3 Å². The predicted molar refractivity (Wildman–Crippen MR) is 116 cm³/mol. The number of sulfonamides is 1. The Morgan fingerprint density at radius 2 is 1.90 bits per heavy atom. The van der Waals surface area contributed by atoms with Crippen molar-refractivity contribution in [1.82, 2.24) is 14.5 Å². The lowest BCUT2D eigenvalue weighted by molar-refractivity contribution is 0.102. The van der Waals surface area contributed by atoms with Crippen molar-refractivity contribution in [2.75, 3.05) is 18.4 Å².